The number of aryl methyl sites for hydroxylation is 1. The standard InChI is InChI=1S/C31H35F3N6O/c1-20-3-5-23(14-25(20)30-17-29(18-30,19-30)22-7-8-36-27(35)13-22)37-28(41)38-24-6-4-21(26(15-24)31(32,33)34)16-40-11-9-39(2)10-12-40/h3-8,13-15H,9-12,16-19H2,1-2H3,(H2,35,36)(H2,37,38,41). The number of benzene rings is 2. The summed E-state index contributed by atoms with van der Waals surface area (Å²) in [5, 5.41) is 5.41. The number of likely N-dealkylation sites (N-methyl/N-ethyl adjacent to an activating group) is 1. The molecule has 4 fully saturated rings. The number of halogens is 3. The topological polar surface area (TPSA) is 86.5 Å². The van der Waals surface area contributed by atoms with Gasteiger partial charge in [-0.2, -0.15) is 13.2 Å². The monoisotopic (exact) mass is 564 g/mol. The summed E-state index contributed by atoms with van der Waals surface area (Å²) < 4.78 is 41.9. The highest BCUT2D eigenvalue weighted by molar-refractivity contribution is 6.00. The second-order valence-electron chi connectivity index (χ2n) is 12.1. The van der Waals surface area contributed by atoms with E-state index in [4.69, 9.17) is 5.73 Å². The Morgan fingerprint density at radius 2 is 1.61 bits per heavy atom. The summed E-state index contributed by atoms with van der Waals surface area (Å²) in [6.45, 7) is 5.37. The van der Waals surface area contributed by atoms with Crippen molar-refractivity contribution in [1.82, 2.24) is 14.8 Å². The number of carbonyl (C=O) groups excluding carboxylic acids is 1. The van der Waals surface area contributed by atoms with Gasteiger partial charge in [0.25, 0.3) is 0 Å². The molecule has 0 spiro atoms. The smallest absolute Gasteiger partial charge is 0.384 e. The van der Waals surface area contributed by atoms with E-state index in [1.54, 1.807) is 6.20 Å². The van der Waals surface area contributed by atoms with E-state index < -0.39 is 17.8 Å². The number of rotatable bonds is 6. The van der Waals surface area contributed by atoms with Crippen molar-refractivity contribution in [2.45, 2.75) is 49.7 Å². The zero-order valence-electron chi connectivity index (χ0n) is 23.3. The fourth-order valence-corrected chi connectivity index (χ4v) is 7.03. The number of anilines is 3. The van der Waals surface area contributed by atoms with Crippen molar-refractivity contribution >= 4 is 23.2 Å². The molecule has 2 heterocycles. The summed E-state index contributed by atoms with van der Waals surface area (Å²) >= 11 is 0. The van der Waals surface area contributed by atoms with Gasteiger partial charge in [-0.15, -0.1) is 0 Å². The molecule has 0 atom stereocenters. The van der Waals surface area contributed by atoms with Crippen LogP contribution in [-0.4, -0.2) is 54.0 Å². The second kappa shape index (κ2) is 10.0. The van der Waals surface area contributed by atoms with Gasteiger partial charge in [0.2, 0.25) is 0 Å². The van der Waals surface area contributed by atoms with Crippen LogP contribution in [0.2, 0.25) is 0 Å². The first-order valence-corrected chi connectivity index (χ1v) is 14.0. The molecule has 7 rings (SSSR count). The molecule has 1 aromatic heterocycles. The highest BCUT2D eigenvalue weighted by Crippen LogP contribution is 2.74. The van der Waals surface area contributed by atoms with Crippen molar-refractivity contribution in [2.24, 2.45) is 0 Å². The van der Waals surface area contributed by atoms with Gasteiger partial charge in [-0.3, -0.25) is 4.90 Å². The number of nitrogen functional groups attached to an aromatic ring is 1. The minimum absolute atomic E-state index is 0.0670. The van der Waals surface area contributed by atoms with Gasteiger partial charge in [-0.05, 0) is 103 Å². The summed E-state index contributed by atoms with van der Waals surface area (Å²) in [6.07, 6.45) is 0.275. The van der Waals surface area contributed by atoms with Gasteiger partial charge in [0, 0.05) is 50.3 Å². The van der Waals surface area contributed by atoms with Crippen LogP contribution in [0.15, 0.2) is 54.7 Å². The van der Waals surface area contributed by atoms with E-state index in [0.717, 1.165) is 57.1 Å². The van der Waals surface area contributed by atoms with Crippen LogP contribution < -0.4 is 16.4 Å². The van der Waals surface area contributed by atoms with Crippen molar-refractivity contribution in [3.8, 4) is 0 Å². The largest absolute Gasteiger partial charge is 0.416 e. The SMILES string of the molecule is Cc1ccc(NC(=O)Nc2ccc(CN3CCN(C)CC3)c(C(F)(F)F)c2)cc1C12CC(c3ccnc(N)c3)(C1)C2. The average Bonchev–Trinajstić information content (AvgIpc) is 2.86. The van der Waals surface area contributed by atoms with Crippen LogP contribution in [0.4, 0.5) is 35.2 Å². The lowest BCUT2D eigenvalue weighted by atomic mass is 9.32. The first-order valence-electron chi connectivity index (χ1n) is 14.0. The van der Waals surface area contributed by atoms with Crippen molar-refractivity contribution in [2.75, 3.05) is 49.6 Å². The molecular weight excluding hydrogens is 529 g/mol. The molecule has 4 aliphatic rings. The molecule has 3 aliphatic carbocycles. The number of nitrogens with one attached hydrogen (secondary N) is 2. The van der Waals surface area contributed by atoms with Crippen molar-refractivity contribution in [3.63, 3.8) is 0 Å². The number of nitrogens with zero attached hydrogens (tertiary/aromatic N) is 3. The highest BCUT2D eigenvalue weighted by Gasteiger charge is 2.69. The molecule has 2 aromatic carbocycles. The number of aromatic nitrogens is 1. The molecule has 4 N–H and O–H groups in total. The van der Waals surface area contributed by atoms with Crippen LogP contribution >= 0.6 is 0 Å². The van der Waals surface area contributed by atoms with E-state index in [1.807, 2.05) is 42.3 Å². The minimum atomic E-state index is -4.52. The number of urea groups is 1. The first-order chi connectivity index (χ1) is 19.4. The normalized spacial score (nSPS) is 24.3. The van der Waals surface area contributed by atoms with Crippen LogP contribution in [0.1, 0.15) is 47.1 Å². The number of carbonyl (C=O) groups is 1. The van der Waals surface area contributed by atoms with Gasteiger partial charge >= 0.3 is 12.2 Å². The number of hydrogen-bond acceptors (Lipinski definition) is 5. The fourth-order valence-electron chi connectivity index (χ4n) is 7.03. The van der Waals surface area contributed by atoms with E-state index >= 15 is 0 Å². The number of hydrogen-bond donors (Lipinski definition) is 3. The number of amides is 2. The molecule has 41 heavy (non-hydrogen) atoms. The van der Waals surface area contributed by atoms with Crippen molar-refractivity contribution in [1.29, 1.82) is 0 Å². The molecule has 1 saturated heterocycles. The van der Waals surface area contributed by atoms with Gasteiger partial charge < -0.3 is 21.3 Å². The Hall–Kier alpha value is -3.63. The summed E-state index contributed by atoms with van der Waals surface area (Å²) in [7, 11) is 2.01. The second-order valence-corrected chi connectivity index (χ2v) is 12.1. The molecule has 2 bridgehead atoms. The predicted octanol–water partition coefficient (Wildman–Crippen LogP) is 5.76. The van der Waals surface area contributed by atoms with Gasteiger partial charge in [-0.1, -0.05) is 12.1 Å². The summed E-state index contributed by atoms with van der Waals surface area (Å²) in [6, 6.07) is 13.3. The lowest BCUT2D eigenvalue weighted by Gasteiger charge is -2.72. The van der Waals surface area contributed by atoms with Crippen LogP contribution in [0.5, 0.6) is 0 Å². The van der Waals surface area contributed by atoms with Crippen LogP contribution in [0.25, 0.3) is 0 Å². The Kier molecular flexibility index (Phi) is 6.73. The zero-order chi connectivity index (χ0) is 29.0. The number of alkyl halides is 3. The van der Waals surface area contributed by atoms with Gasteiger partial charge in [-0.25, -0.2) is 9.78 Å². The van der Waals surface area contributed by atoms with Crippen LogP contribution in [0, 0.1) is 6.92 Å². The first kappa shape index (κ1) is 27.5. The summed E-state index contributed by atoms with van der Waals surface area (Å²) in [4.78, 5) is 21.1. The predicted molar refractivity (Wildman–Crippen MR) is 154 cm³/mol. The molecule has 216 valence electrons. The van der Waals surface area contributed by atoms with E-state index in [1.165, 1.54) is 23.3 Å². The molecule has 7 nitrogen and oxygen atoms in total. The Morgan fingerprint density at radius 1 is 0.951 bits per heavy atom. The quantitative estimate of drug-likeness (QED) is 0.355. The maximum Gasteiger partial charge on any atom is 0.416 e. The lowest BCUT2D eigenvalue weighted by molar-refractivity contribution is -0.138. The van der Waals surface area contributed by atoms with Gasteiger partial charge in [0.1, 0.15) is 5.82 Å². The number of pyridine rings is 1. The van der Waals surface area contributed by atoms with Crippen molar-refractivity contribution in [3.05, 3.63) is 82.5 Å². The molecular formula is C31H35F3N6O. The summed E-state index contributed by atoms with van der Waals surface area (Å²) in [5.41, 5.74) is 9.89. The fraction of sp³-hybridized carbons (Fsp3) is 0.419. The van der Waals surface area contributed by atoms with E-state index in [0.29, 0.717) is 11.5 Å². The third-order valence-corrected chi connectivity index (χ3v) is 9.15. The van der Waals surface area contributed by atoms with E-state index in [2.05, 4.69) is 27.4 Å². The van der Waals surface area contributed by atoms with E-state index in [-0.39, 0.29) is 28.6 Å². The summed E-state index contributed by atoms with van der Waals surface area (Å²) in [5.74, 6) is 0.529. The number of nitrogens with two attached hydrogens (primary N) is 1. The molecule has 10 heteroatoms. The van der Waals surface area contributed by atoms with Gasteiger partial charge in [0.15, 0.2) is 0 Å². The third-order valence-electron chi connectivity index (χ3n) is 9.15. The van der Waals surface area contributed by atoms with E-state index in [9.17, 15) is 18.0 Å². The van der Waals surface area contributed by atoms with Crippen LogP contribution in [0.3, 0.4) is 0 Å². The Morgan fingerprint density at radius 3 is 2.27 bits per heavy atom. The van der Waals surface area contributed by atoms with Gasteiger partial charge in [0.05, 0.1) is 5.56 Å². The molecule has 0 unspecified atom stereocenters. The highest BCUT2D eigenvalue weighted by atomic mass is 19.4. The number of piperazine rings is 1. The zero-order valence-corrected chi connectivity index (χ0v) is 23.3. The Bertz CT molecular complexity index is 1460. The molecule has 2 amide bonds. The van der Waals surface area contributed by atoms with Crippen LogP contribution in [-0.2, 0) is 23.6 Å². The molecule has 3 saturated carbocycles. The Labute approximate surface area is 237 Å². The third kappa shape index (κ3) is 5.26. The minimum Gasteiger partial charge on any atom is -0.384 e. The van der Waals surface area contributed by atoms with Crippen molar-refractivity contribution < 1.29 is 18.0 Å². The Balaban J connectivity index is 1.12. The molecule has 0 radical (unpaired) electrons. The maximum absolute atomic E-state index is 14.0. The maximum atomic E-state index is 14.0. The molecule has 1 aliphatic heterocycles. The lowest BCUT2D eigenvalue weighted by Crippen LogP contribution is -2.67. The molecule has 3 aromatic rings. The average molecular weight is 565 g/mol.